The number of thiazole rings is 1. The Kier molecular flexibility index (Phi) is 6.06. The summed E-state index contributed by atoms with van der Waals surface area (Å²) in [7, 11) is 0. The van der Waals surface area contributed by atoms with Gasteiger partial charge in [-0.1, -0.05) is 0 Å². The van der Waals surface area contributed by atoms with Gasteiger partial charge in [-0.3, -0.25) is 4.79 Å². The average molecular weight is 444 g/mol. The highest BCUT2D eigenvalue weighted by atomic mass is 32.1. The van der Waals surface area contributed by atoms with E-state index >= 15 is 0 Å². The number of nitrogens with zero attached hydrogens (tertiary/aromatic N) is 2. The first-order valence-corrected chi connectivity index (χ1v) is 11.2. The molecule has 1 fully saturated rings. The molecule has 0 aliphatic heterocycles. The molecule has 0 saturated heterocycles. The number of aromatic nitrogens is 2. The van der Waals surface area contributed by atoms with E-state index in [0.29, 0.717) is 23.0 Å². The first kappa shape index (κ1) is 21.5. The molecule has 164 valence electrons. The summed E-state index contributed by atoms with van der Waals surface area (Å²) < 4.78 is 15.1. The van der Waals surface area contributed by atoms with Crippen LogP contribution in [-0.2, 0) is 0 Å². The Morgan fingerprint density at radius 3 is 2.87 bits per heavy atom. The molecule has 1 atom stereocenters. The van der Waals surface area contributed by atoms with Crippen LogP contribution in [0.1, 0.15) is 37.0 Å². The summed E-state index contributed by atoms with van der Waals surface area (Å²) in [5, 5.41) is 18.9. The van der Waals surface area contributed by atoms with Crippen LogP contribution in [0.5, 0.6) is 0 Å². The molecule has 4 N–H and O–H groups in total. The van der Waals surface area contributed by atoms with Crippen LogP contribution in [0.4, 0.5) is 21.6 Å². The minimum atomic E-state index is -1.57. The van der Waals surface area contributed by atoms with Crippen molar-refractivity contribution in [2.45, 2.75) is 38.5 Å². The van der Waals surface area contributed by atoms with Gasteiger partial charge in [0.1, 0.15) is 12.0 Å². The van der Waals surface area contributed by atoms with Gasteiger partial charge in [0.25, 0.3) is 5.91 Å². The lowest BCUT2D eigenvalue weighted by molar-refractivity contribution is -0.00177. The molecule has 2 aromatic heterocycles. The lowest BCUT2D eigenvalue weighted by atomic mass is 10.0. The molecule has 2 heterocycles. The summed E-state index contributed by atoms with van der Waals surface area (Å²) >= 11 is 1.56. The maximum atomic E-state index is 14.0. The number of amides is 1. The average Bonchev–Trinajstić information content (AvgIpc) is 3.45. The van der Waals surface area contributed by atoms with Crippen molar-refractivity contribution in [3.05, 3.63) is 41.5 Å². The Morgan fingerprint density at radius 2 is 2.13 bits per heavy atom. The third-order valence-electron chi connectivity index (χ3n) is 5.24. The molecule has 0 spiro atoms. The van der Waals surface area contributed by atoms with Gasteiger partial charge in [-0.05, 0) is 50.8 Å². The zero-order valence-electron chi connectivity index (χ0n) is 17.5. The molecule has 1 saturated carbocycles. The van der Waals surface area contributed by atoms with Crippen LogP contribution in [0.25, 0.3) is 10.2 Å². The maximum Gasteiger partial charge on any atom is 0.255 e. The van der Waals surface area contributed by atoms with E-state index in [0.717, 1.165) is 22.4 Å². The fourth-order valence-electron chi connectivity index (χ4n) is 3.04. The molecule has 1 unspecified atom stereocenters. The number of carbonyl (C=O) groups excluding carboxylic acids is 1. The standard InChI is InChI=1S/C22H26FN5O2S/c1-22(2,30)19(23)11-26-21(29)15-10-25-20(8-17(15)24-9-13-3-4-13)28-14-5-6-16-18(7-14)31-12-27-16/h5-8,10,12-13,19,30H,3-4,9,11H2,1-2H3,(H,26,29)(H2,24,25,28). The predicted molar refractivity (Wildman–Crippen MR) is 122 cm³/mol. The van der Waals surface area contributed by atoms with Crippen molar-refractivity contribution in [1.29, 1.82) is 0 Å². The third-order valence-corrected chi connectivity index (χ3v) is 6.03. The summed E-state index contributed by atoms with van der Waals surface area (Å²) in [6.45, 7) is 3.24. The smallest absolute Gasteiger partial charge is 0.255 e. The molecule has 0 bridgehead atoms. The lowest BCUT2D eigenvalue weighted by Crippen LogP contribution is -2.42. The number of rotatable bonds is 9. The highest BCUT2D eigenvalue weighted by molar-refractivity contribution is 7.16. The van der Waals surface area contributed by atoms with Crippen LogP contribution in [-0.4, -0.2) is 45.8 Å². The molecule has 7 nitrogen and oxygen atoms in total. The number of halogens is 1. The zero-order chi connectivity index (χ0) is 22.0. The Bertz CT molecular complexity index is 1080. The van der Waals surface area contributed by atoms with Crippen LogP contribution in [0.3, 0.4) is 0 Å². The van der Waals surface area contributed by atoms with Gasteiger partial charge in [0.2, 0.25) is 0 Å². The molecule has 1 aliphatic carbocycles. The van der Waals surface area contributed by atoms with Crippen LogP contribution < -0.4 is 16.0 Å². The van der Waals surface area contributed by atoms with E-state index in [1.165, 1.54) is 32.9 Å². The SMILES string of the molecule is CC(C)(O)C(F)CNC(=O)c1cnc(Nc2ccc3ncsc3c2)cc1NCC1CC1. The second-order valence-corrected chi connectivity index (χ2v) is 9.32. The van der Waals surface area contributed by atoms with E-state index in [9.17, 15) is 14.3 Å². The number of fused-ring (bicyclic) bond motifs is 1. The van der Waals surface area contributed by atoms with Crippen LogP contribution in [0.15, 0.2) is 36.0 Å². The highest BCUT2D eigenvalue weighted by Crippen LogP contribution is 2.30. The van der Waals surface area contributed by atoms with Crippen LogP contribution in [0.2, 0.25) is 0 Å². The summed E-state index contributed by atoms with van der Waals surface area (Å²) in [4.78, 5) is 21.3. The molecule has 0 radical (unpaired) electrons. The molecular formula is C22H26FN5O2S. The van der Waals surface area contributed by atoms with E-state index in [1.54, 1.807) is 22.9 Å². The lowest BCUT2D eigenvalue weighted by Gasteiger charge is -2.22. The van der Waals surface area contributed by atoms with Gasteiger partial charge in [-0.2, -0.15) is 0 Å². The van der Waals surface area contributed by atoms with Gasteiger partial charge in [0.15, 0.2) is 0 Å². The topological polar surface area (TPSA) is 99.2 Å². The first-order chi connectivity index (χ1) is 14.8. The van der Waals surface area contributed by atoms with Crippen molar-refractivity contribution in [2.75, 3.05) is 23.7 Å². The van der Waals surface area contributed by atoms with E-state index in [-0.39, 0.29) is 6.54 Å². The molecule has 3 aromatic rings. The zero-order valence-corrected chi connectivity index (χ0v) is 18.3. The normalized spacial score (nSPS) is 15.0. The van der Waals surface area contributed by atoms with Crippen LogP contribution >= 0.6 is 11.3 Å². The summed E-state index contributed by atoms with van der Waals surface area (Å²) in [5.41, 5.74) is 3.08. The summed E-state index contributed by atoms with van der Waals surface area (Å²) in [6, 6.07) is 7.67. The predicted octanol–water partition coefficient (Wildman–Crippen LogP) is 4.10. The maximum absolute atomic E-state index is 14.0. The quantitative estimate of drug-likeness (QED) is 0.398. The van der Waals surface area contributed by atoms with Gasteiger partial charge in [0, 0.05) is 24.5 Å². The van der Waals surface area contributed by atoms with Crippen molar-refractivity contribution >= 4 is 44.7 Å². The monoisotopic (exact) mass is 443 g/mol. The number of aliphatic hydroxyl groups is 1. The minimum absolute atomic E-state index is 0.279. The van der Waals surface area contributed by atoms with Gasteiger partial charge in [-0.25, -0.2) is 14.4 Å². The third kappa shape index (κ3) is 5.48. The number of hydrogen-bond donors (Lipinski definition) is 4. The number of carbonyl (C=O) groups is 1. The Labute approximate surface area is 184 Å². The Hall–Kier alpha value is -2.78. The molecule has 1 aliphatic rings. The minimum Gasteiger partial charge on any atom is -0.387 e. The van der Waals surface area contributed by atoms with Crippen molar-refractivity contribution in [3.8, 4) is 0 Å². The number of alkyl halides is 1. The molecule has 9 heteroatoms. The second-order valence-electron chi connectivity index (χ2n) is 8.43. The second kappa shape index (κ2) is 8.76. The van der Waals surface area contributed by atoms with Gasteiger partial charge < -0.3 is 21.1 Å². The molecule has 1 aromatic carbocycles. The molecule has 1 amide bonds. The van der Waals surface area contributed by atoms with Crippen molar-refractivity contribution in [2.24, 2.45) is 5.92 Å². The molecule has 31 heavy (non-hydrogen) atoms. The Morgan fingerprint density at radius 1 is 1.32 bits per heavy atom. The number of hydrogen-bond acceptors (Lipinski definition) is 7. The summed E-state index contributed by atoms with van der Waals surface area (Å²) in [6.07, 6.45) is 2.26. The number of pyridine rings is 1. The fraction of sp³-hybridized carbons (Fsp3) is 0.409. The van der Waals surface area contributed by atoms with Gasteiger partial charge in [0.05, 0.1) is 39.1 Å². The van der Waals surface area contributed by atoms with Crippen molar-refractivity contribution < 1.29 is 14.3 Å². The van der Waals surface area contributed by atoms with E-state index in [1.807, 2.05) is 18.2 Å². The largest absolute Gasteiger partial charge is 0.387 e. The van der Waals surface area contributed by atoms with E-state index in [4.69, 9.17) is 0 Å². The van der Waals surface area contributed by atoms with Gasteiger partial charge in [-0.15, -0.1) is 11.3 Å². The number of anilines is 3. The van der Waals surface area contributed by atoms with Crippen molar-refractivity contribution in [3.63, 3.8) is 0 Å². The van der Waals surface area contributed by atoms with Crippen LogP contribution in [0, 0.1) is 5.92 Å². The fourth-order valence-corrected chi connectivity index (χ4v) is 3.75. The highest BCUT2D eigenvalue weighted by Gasteiger charge is 2.27. The molecular weight excluding hydrogens is 417 g/mol. The molecule has 4 rings (SSSR count). The van der Waals surface area contributed by atoms with E-state index in [2.05, 4.69) is 25.9 Å². The first-order valence-electron chi connectivity index (χ1n) is 10.3. The number of benzene rings is 1. The summed E-state index contributed by atoms with van der Waals surface area (Å²) in [5.74, 6) is 0.772. The van der Waals surface area contributed by atoms with E-state index < -0.39 is 17.7 Å². The number of nitrogens with one attached hydrogen (secondary N) is 3. The van der Waals surface area contributed by atoms with Crippen molar-refractivity contribution in [1.82, 2.24) is 15.3 Å². The Balaban J connectivity index is 1.51. The van der Waals surface area contributed by atoms with Gasteiger partial charge >= 0.3 is 0 Å².